The first-order valence-corrected chi connectivity index (χ1v) is 7.32. The van der Waals surface area contributed by atoms with E-state index in [2.05, 4.69) is 42.8 Å². The van der Waals surface area contributed by atoms with Gasteiger partial charge in [-0.05, 0) is 30.7 Å². The first kappa shape index (κ1) is 16.4. The maximum atomic E-state index is 7.69. The first-order chi connectivity index (χ1) is 9.41. The lowest BCUT2D eigenvalue weighted by molar-refractivity contribution is 0.531. The van der Waals surface area contributed by atoms with E-state index in [4.69, 9.17) is 11.1 Å². The second kappa shape index (κ2) is 7.82. The summed E-state index contributed by atoms with van der Waals surface area (Å²) in [6.45, 7) is 10.7. The zero-order chi connectivity index (χ0) is 15.1. The fourth-order valence-corrected chi connectivity index (χ4v) is 1.92. The third-order valence-corrected chi connectivity index (χ3v) is 3.24. The van der Waals surface area contributed by atoms with E-state index in [9.17, 15) is 0 Å². The smallest absolute Gasteiger partial charge is 0.162 e. The molecule has 0 aromatic carbocycles. The van der Waals surface area contributed by atoms with Gasteiger partial charge in [0.25, 0.3) is 0 Å². The van der Waals surface area contributed by atoms with Crippen LogP contribution in [0.4, 0.5) is 5.82 Å². The van der Waals surface area contributed by atoms with Crippen LogP contribution < -0.4 is 10.6 Å². The summed E-state index contributed by atoms with van der Waals surface area (Å²) in [7, 11) is 0. The van der Waals surface area contributed by atoms with Crippen molar-refractivity contribution in [3.63, 3.8) is 0 Å². The Morgan fingerprint density at radius 1 is 1.20 bits per heavy atom. The third-order valence-electron chi connectivity index (χ3n) is 3.24. The van der Waals surface area contributed by atoms with E-state index in [1.165, 1.54) is 0 Å². The molecule has 0 aliphatic heterocycles. The Hall–Kier alpha value is -1.65. The van der Waals surface area contributed by atoms with Gasteiger partial charge in [0, 0.05) is 13.1 Å². The number of nitrogens with one attached hydrogen (secondary N) is 1. The van der Waals surface area contributed by atoms with Crippen LogP contribution >= 0.6 is 0 Å². The highest BCUT2D eigenvalue weighted by molar-refractivity contribution is 5.99. The lowest BCUT2D eigenvalue weighted by atomic mass is 10.1. The van der Waals surface area contributed by atoms with Gasteiger partial charge in [-0.15, -0.1) is 5.10 Å². The molecular weight excluding hydrogens is 250 g/mol. The zero-order valence-electron chi connectivity index (χ0n) is 13.1. The van der Waals surface area contributed by atoms with Gasteiger partial charge in [-0.1, -0.05) is 27.7 Å². The SMILES string of the molecule is CC(C)CCN(CCC(C)C)c1nnccc1C(=N)N. The lowest BCUT2D eigenvalue weighted by Gasteiger charge is -2.26. The minimum absolute atomic E-state index is 0.0500. The van der Waals surface area contributed by atoms with E-state index in [-0.39, 0.29) is 5.84 Å². The van der Waals surface area contributed by atoms with Gasteiger partial charge >= 0.3 is 0 Å². The summed E-state index contributed by atoms with van der Waals surface area (Å²) in [4.78, 5) is 2.21. The summed E-state index contributed by atoms with van der Waals surface area (Å²) >= 11 is 0. The summed E-state index contributed by atoms with van der Waals surface area (Å²) in [6, 6.07) is 1.77. The maximum Gasteiger partial charge on any atom is 0.162 e. The monoisotopic (exact) mass is 277 g/mol. The van der Waals surface area contributed by atoms with Gasteiger partial charge < -0.3 is 10.6 Å². The normalized spacial score (nSPS) is 11.1. The Balaban J connectivity index is 2.93. The van der Waals surface area contributed by atoms with E-state index >= 15 is 0 Å². The molecule has 0 aliphatic rings. The molecule has 0 aliphatic carbocycles. The third kappa shape index (κ3) is 5.15. The molecule has 1 heterocycles. The van der Waals surface area contributed by atoms with Crippen LogP contribution in [0.2, 0.25) is 0 Å². The molecule has 1 aromatic heterocycles. The molecule has 0 fully saturated rings. The fraction of sp³-hybridized carbons (Fsp3) is 0.667. The molecule has 0 bridgehead atoms. The zero-order valence-corrected chi connectivity index (χ0v) is 13.1. The Morgan fingerprint density at radius 2 is 1.75 bits per heavy atom. The molecule has 0 radical (unpaired) electrons. The number of nitrogens with two attached hydrogens (primary N) is 1. The Bertz CT molecular complexity index is 416. The fourth-order valence-electron chi connectivity index (χ4n) is 1.92. The second-order valence-corrected chi connectivity index (χ2v) is 6.03. The number of hydrogen-bond donors (Lipinski definition) is 2. The maximum absolute atomic E-state index is 7.69. The van der Waals surface area contributed by atoms with Gasteiger partial charge in [0.1, 0.15) is 5.84 Å². The highest BCUT2D eigenvalue weighted by Gasteiger charge is 2.15. The van der Waals surface area contributed by atoms with Crippen molar-refractivity contribution in [3.05, 3.63) is 17.8 Å². The number of anilines is 1. The second-order valence-electron chi connectivity index (χ2n) is 6.03. The molecule has 1 rings (SSSR count). The van der Waals surface area contributed by atoms with Gasteiger partial charge in [0.2, 0.25) is 0 Å². The van der Waals surface area contributed by atoms with E-state index in [1.54, 1.807) is 12.3 Å². The van der Waals surface area contributed by atoms with E-state index in [1.807, 2.05) is 0 Å². The van der Waals surface area contributed by atoms with Crippen molar-refractivity contribution in [2.75, 3.05) is 18.0 Å². The van der Waals surface area contributed by atoms with E-state index in [0.29, 0.717) is 17.4 Å². The molecule has 5 nitrogen and oxygen atoms in total. The van der Waals surface area contributed by atoms with Crippen molar-refractivity contribution in [2.45, 2.75) is 40.5 Å². The minimum atomic E-state index is 0.0500. The van der Waals surface area contributed by atoms with Crippen LogP contribution in [0, 0.1) is 17.2 Å². The molecule has 20 heavy (non-hydrogen) atoms. The average Bonchev–Trinajstić information content (AvgIpc) is 2.38. The summed E-state index contributed by atoms with van der Waals surface area (Å²) in [5, 5.41) is 15.9. The summed E-state index contributed by atoms with van der Waals surface area (Å²) in [6.07, 6.45) is 3.77. The van der Waals surface area contributed by atoms with Gasteiger partial charge in [-0.25, -0.2) is 0 Å². The molecule has 5 heteroatoms. The van der Waals surface area contributed by atoms with Gasteiger partial charge in [-0.2, -0.15) is 5.10 Å². The van der Waals surface area contributed by atoms with Crippen LogP contribution in [0.25, 0.3) is 0 Å². The van der Waals surface area contributed by atoms with Crippen LogP contribution in [0.5, 0.6) is 0 Å². The Labute approximate surface area is 122 Å². The largest absolute Gasteiger partial charge is 0.384 e. The average molecular weight is 277 g/mol. The first-order valence-electron chi connectivity index (χ1n) is 7.32. The number of nitrogens with zero attached hydrogens (tertiary/aromatic N) is 3. The van der Waals surface area contributed by atoms with Crippen LogP contribution in [0.15, 0.2) is 12.3 Å². The highest BCUT2D eigenvalue weighted by Crippen LogP contribution is 2.18. The number of rotatable bonds is 8. The molecule has 3 N–H and O–H groups in total. The van der Waals surface area contributed by atoms with Crippen molar-refractivity contribution in [3.8, 4) is 0 Å². The van der Waals surface area contributed by atoms with Gasteiger partial charge in [0.15, 0.2) is 5.82 Å². The van der Waals surface area contributed by atoms with Crippen LogP contribution in [0.1, 0.15) is 46.1 Å². The van der Waals surface area contributed by atoms with Crippen LogP contribution in [-0.2, 0) is 0 Å². The Morgan fingerprint density at radius 3 is 2.20 bits per heavy atom. The summed E-state index contributed by atoms with van der Waals surface area (Å²) < 4.78 is 0. The quantitative estimate of drug-likeness (QED) is 0.565. The molecule has 0 unspecified atom stereocenters. The lowest BCUT2D eigenvalue weighted by Crippen LogP contribution is -2.31. The molecule has 1 aromatic rings. The van der Waals surface area contributed by atoms with Crippen LogP contribution in [-0.4, -0.2) is 29.1 Å². The summed E-state index contributed by atoms with van der Waals surface area (Å²) in [5.41, 5.74) is 6.33. The molecule has 112 valence electrons. The molecule has 0 saturated heterocycles. The number of amidine groups is 1. The highest BCUT2D eigenvalue weighted by atomic mass is 15.3. The molecule has 0 saturated carbocycles. The van der Waals surface area contributed by atoms with Crippen molar-refractivity contribution in [1.29, 1.82) is 5.41 Å². The number of aromatic nitrogens is 2. The predicted octanol–water partition coefficient (Wildman–Crippen LogP) is 2.66. The van der Waals surface area contributed by atoms with Crippen molar-refractivity contribution in [1.82, 2.24) is 10.2 Å². The van der Waals surface area contributed by atoms with E-state index in [0.717, 1.165) is 31.7 Å². The van der Waals surface area contributed by atoms with Crippen molar-refractivity contribution in [2.24, 2.45) is 17.6 Å². The molecule has 0 atom stereocenters. The predicted molar refractivity (Wildman–Crippen MR) is 84.2 cm³/mol. The van der Waals surface area contributed by atoms with Gasteiger partial charge in [-0.3, -0.25) is 5.41 Å². The molecular formula is C15H27N5. The standard InChI is InChI=1S/C15H27N5/c1-11(2)6-9-20(10-7-12(3)4)15-13(14(16)17)5-8-18-19-15/h5,8,11-12H,6-7,9-10H2,1-4H3,(H3,16,17). The topological polar surface area (TPSA) is 78.9 Å². The number of nitrogen functional groups attached to an aromatic ring is 1. The van der Waals surface area contributed by atoms with Gasteiger partial charge in [0.05, 0.1) is 11.8 Å². The Kier molecular flexibility index (Phi) is 6.42. The van der Waals surface area contributed by atoms with Crippen molar-refractivity contribution >= 4 is 11.7 Å². The molecule has 0 spiro atoms. The minimum Gasteiger partial charge on any atom is -0.384 e. The van der Waals surface area contributed by atoms with E-state index < -0.39 is 0 Å². The number of hydrogen-bond acceptors (Lipinski definition) is 4. The van der Waals surface area contributed by atoms with Crippen molar-refractivity contribution < 1.29 is 0 Å². The summed E-state index contributed by atoms with van der Waals surface area (Å²) in [5.74, 6) is 2.05. The van der Waals surface area contributed by atoms with Crippen LogP contribution in [0.3, 0.4) is 0 Å². The molecule has 0 amide bonds.